The van der Waals surface area contributed by atoms with E-state index in [0.717, 1.165) is 31.4 Å². The predicted molar refractivity (Wildman–Crippen MR) is 73.9 cm³/mol. The lowest BCUT2D eigenvalue weighted by Crippen LogP contribution is -2.39. The maximum absolute atomic E-state index is 9.61. The molecule has 4 nitrogen and oxygen atoms in total. The highest BCUT2D eigenvalue weighted by atomic mass is 16.5. The van der Waals surface area contributed by atoms with Crippen LogP contribution in [0.2, 0.25) is 0 Å². The molecule has 1 aliphatic rings. The van der Waals surface area contributed by atoms with E-state index in [0.29, 0.717) is 18.0 Å². The third kappa shape index (κ3) is 2.53. The molecular formula is C14H22N2O2. The van der Waals surface area contributed by atoms with Gasteiger partial charge < -0.3 is 20.9 Å². The second kappa shape index (κ2) is 5.48. The van der Waals surface area contributed by atoms with Gasteiger partial charge in [0, 0.05) is 0 Å². The Bertz CT molecular complexity index is 401. The number of nitrogens with one attached hydrogen (secondary N) is 1. The smallest absolute Gasteiger partial charge is 0.144 e. The normalized spacial score (nSPS) is 17.7. The summed E-state index contributed by atoms with van der Waals surface area (Å²) >= 11 is 0. The molecule has 18 heavy (non-hydrogen) atoms. The molecule has 1 saturated carbocycles. The van der Waals surface area contributed by atoms with E-state index in [1.54, 1.807) is 0 Å². The highest BCUT2D eigenvalue weighted by molar-refractivity contribution is 5.73. The third-order valence-corrected chi connectivity index (χ3v) is 3.63. The molecule has 4 heteroatoms. The van der Waals surface area contributed by atoms with Crippen molar-refractivity contribution in [2.24, 2.45) is 0 Å². The summed E-state index contributed by atoms with van der Waals surface area (Å²) in [5.41, 5.74) is 7.36. The average Bonchev–Trinajstić information content (AvgIpc) is 2.84. The molecule has 1 aliphatic carbocycles. The number of anilines is 2. The van der Waals surface area contributed by atoms with Crippen molar-refractivity contribution >= 4 is 11.4 Å². The molecule has 0 saturated heterocycles. The van der Waals surface area contributed by atoms with E-state index in [-0.39, 0.29) is 12.1 Å². The molecule has 100 valence electrons. The lowest BCUT2D eigenvalue weighted by atomic mass is 9.98. The maximum atomic E-state index is 9.61. The van der Waals surface area contributed by atoms with Gasteiger partial charge in [-0.05, 0) is 31.9 Å². The van der Waals surface area contributed by atoms with Crippen LogP contribution in [0.3, 0.4) is 0 Å². The number of hydrogen-bond donors (Lipinski definition) is 3. The Balaban J connectivity index is 2.20. The molecule has 0 atom stereocenters. The van der Waals surface area contributed by atoms with Gasteiger partial charge >= 0.3 is 0 Å². The second-order valence-electron chi connectivity index (χ2n) is 4.92. The van der Waals surface area contributed by atoms with Crippen molar-refractivity contribution < 1.29 is 9.84 Å². The van der Waals surface area contributed by atoms with Crippen LogP contribution in [0.4, 0.5) is 11.4 Å². The summed E-state index contributed by atoms with van der Waals surface area (Å²) in [6.07, 6.45) is 4.28. The van der Waals surface area contributed by atoms with Crippen molar-refractivity contribution in [1.29, 1.82) is 0 Å². The molecule has 0 bridgehead atoms. The largest absolute Gasteiger partial charge is 0.492 e. The van der Waals surface area contributed by atoms with Crippen molar-refractivity contribution in [3.63, 3.8) is 0 Å². The Morgan fingerprint density at radius 3 is 2.72 bits per heavy atom. The van der Waals surface area contributed by atoms with Crippen LogP contribution in [-0.4, -0.2) is 23.9 Å². The summed E-state index contributed by atoms with van der Waals surface area (Å²) in [5.74, 6) is 0.702. The number of ether oxygens (including phenoxy) is 1. The van der Waals surface area contributed by atoms with Gasteiger partial charge in [0.05, 0.1) is 30.1 Å². The zero-order valence-electron chi connectivity index (χ0n) is 10.9. The molecule has 1 fully saturated rings. The molecule has 0 aliphatic heterocycles. The zero-order chi connectivity index (χ0) is 13.0. The molecule has 0 aromatic heterocycles. The Morgan fingerprint density at radius 2 is 2.11 bits per heavy atom. The third-order valence-electron chi connectivity index (χ3n) is 3.63. The molecular weight excluding hydrogens is 228 g/mol. The maximum Gasteiger partial charge on any atom is 0.144 e. The summed E-state index contributed by atoms with van der Waals surface area (Å²) in [5, 5.41) is 13.0. The molecule has 0 unspecified atom stereocenters. The number of para-hydroxylation sites is 1. The van der Waals surface area contributed by atoms with E-state index < -0.39 is 0 Å². The van der Waals surface area contributed by atoms with Crippen LogP contribution in [0.15, 0.2) is 18.2 Å². The summed E-state index contributed by atoms with van der Waals surface area (Å²) in [4.78, 5) is 0. The minimum atomic E-state index is -0.209. The Morgan fingerprint density at radius 1 is 1.39 bits per heavy atom. The van der Waals surface area contributed by atoms with E-state index in [9.17, 15) is 5.11 Å². The number of benzene rings is 1. The average molecular weight is 250 g/mol. The lowest BCUT2D eigenvalue weighted by molar-refractivity contribution is 0.214. The monoisotopic (exact) mass is 250 g/mol. The fourth-order valence-corrected chi connectivity index (χ4v) is 2.59. The lowest BCUT2D eigenvalue weighted by Gasteiger charge is -2.30. The highest BCUT2D eigenvalue weighted by Crippen LogP contribution is 2.37. The first kappa shape index (κ1) is 13.0. The van der Waals surface area contributed by atoms with Crippen LogP contribution >= 0.6 is 0 Å². The van der Waals surface area contributed by atoms with Crippen LogP contribution in [-0.2, 0) is 0 Å². The Hall–Kier alpha value is -1.42. The summed E-state index contributed by atoms with van der Waals surface area (Å²) in [6.45, 7) is 2.68. The van der Waals surface area contributed by atoms with Crippen molar-refractivity contribution in [1.82, 2.24) is 0 Å². The number of hydrogen-bond acceptors (Lipinski definition) is 4. The van der Waals surface area contributed by atoms with Gasteiger partial charge in [-0.3, -0.25) is 0 Å². The Labute approximate surface area is 108 Å². The van der Waals surface area contributed by atoms with Gasteiger partial charge in [0.25, 0.3) is 0 Å². The first-order valence-corrected chi connectivity index (χ1v) is 6.61. The molecule has 4 N–H and O–H groups in total. The zero-order valence-corrected chi connectivity index (χ0v) is 10.9. The number of rotatable bonds is 5. The van der Waals surface area contributed by atoms with Crippen molar-refractivity contribution in [3.8, 4) is 5.75 Å². The minimum Gasteiger partial charge on any atom is -0.492 e. The molecule has 0 spiro atoms. The molecule has 0 heterocycles. The van der Waals surface area contributed by atoms with Gasteiger partial charge in [0.1, 0.15) is 5.75 Å². The van der Waals surface area contributed by atoms with E-state index in [1.807, 2.05) is 25.1 Å². The molecule has 0 radical (unpaired) electrons. The fraction of sp³-hybridized carbons (Fsp3) is 0.571. The summed E-state index contributed by atoms with van der Waals surface area (Å²) in [7, 11) is 0. The fourth-order valence-electron chi connectivity index (χ4n) is 2.59. The van der Waals surface area contributed by atoms with Crippen molar-refractivity contribution in [2.75, 3.05) is 24.3 Å². The van der Waals surface area contributed by atoms with E-state index in [1.165, 1.54) is 0 Å². The first-order valence-electron chi connectivity index (χ1n) is 6.61. The van der Waals surface area contributed by atoms with E-state index in [2.05, 4.69) is 5.32 Å². The van der Waals surface area contributed by atoms with Crippen LogP contribution < -0.4 is 15.8 Å². The van der Waals surface area contributed by atoms with E-state index >= 15 is 0 Å². The highest BCUT2D eigenvalue weighted by Gasteiger charge is 2.33. The van der Waals surface area contributed by atoms with Gasteiger partial charge in [-0.1, -0.05) is 18.9 Å². The van der Waals surface area contributed by atoms with E-state index in [4.69, 9.17) is 10.5 Å². The number of nitrogen functional groups attached to an aromatic ring is 1. The van der Waals surface area contributed by atoms with Crippen LogP contribution in [0.1, 0.15) is 32.6 Å². The molecule has 1 aromatic rings. The number of aliphatic hydroxyl groups is 1. The molecule has 1 aromatic carbocycles. The van der Waals surface area contributed by atoms with Crippen LogP contribution in [0.5, 0.6) is 5.75 Å². The molecule has 2 rings (SSSR count). The minimum absolute atomic E-state index is 0.144. The number of aliphatic hydroxyl groups excluding tert-OH is 1. The summed E-state index contributed by atoms with van der Waals surface area (Å²) < 4.78 is 5.48. The first-order chi connectivity index (χ1) is 8.71. The Kier molecular flexibility index (Phi) is 3.97. The standard InChI is InChI=1S/C14H22N2O2/c1-2-18-12-7-5-6-11(13(12)15)16-14(10-17)8-3-4-9-14/h5-7,16-17H,2-4,8-10,15H2,1H3. The van der Waals surface area contributed by atoms with Crippen LogP contribution in [0.25, 0.3) is 0 Å². The summed E-state index contributed by atoms with van der Waals surface area (Å²) in [6, 6.07) is 5.72. The van der Waals surface area contributed by atoms with Crippen molar-refractivity contribution in [3.05, 3.63) is 18.2 Å². The van der Waals surface area contributed by atoms with Crippen LogP contribution in [0, 0.1) is 0 Å². The van der Waals surface area contributed by atoms with Crippen molar-refractivity contribution in [2.45, 2.75) is 38.1 Å². The topological polar surface area (TPSA) is 67.5 Å². The SMILES string of the molecule is CCOc1cccc(NC2(CO)CCCC2)c1N. The van der Waals surface area contributed by atoms with Gasteiger partial charge in [-0.25, -0.2) is 0 Å². The van der Waals surface area contributed by atoms with Gasteiger partial charge in [-0.15, -0.1) is 0 Å². The van der Waals surface area contributed by atoms with Gasteiger partial charge in [0.15, 0.2) is 0 Å². The predicted octanol–water partition coefficient (Wildman–Crippen LogP) is 2.38. The van der Waals surface area contributed by atoms with Gasteiger partial charge in [-0.2, -0.15) is 0 Å². The quantitative estimate of drug-likeness (QED) is 0.702. The number of nitrogens with two attached hydrogens (primary N) is 1. The van der Waals surface area contributed by atoms with Gasteiger partial charge in [0.2, 0.25) is 0 Å². The molecule has 0 amide bonds. The second-order valence-corrected chi connectivity index (χ2v) is 4.92.